The molecular formula is C22H28N2O4. The maximum atomic E-state index is 13.0. The summed E-state index contributed by atoms with van der Waals surface area (Å²) in [5.74, 6) is 1.53. The standard InChI is InChI=1S/C22H28N2O4/c1-3-15-28-20-10-9-17(16-21(20)27-4-2)22(26)24-13-11-23(12-14-24)18-7-5-6-8-19(18)25/h5-10,16,25H,3-4,11-15H2,1-2H3. The minimum Gasteiger partial charge on any atom is -0.506 e. The molecular weight excluding hydrogens is 356 g/mol. The lowest BCUT2D eigenvalue weighted by Gasteiger charge is -2.36. The van der Waals surface area contributed by atoms with Crippen LogP contribution >= 0.6 is 0 Å². The molecule has 0 saturated carbocycles. The number of carbonyl (C=O) groups is 1. The summed E-state index contributed by atoms with van der Waals surface area (Å²) in [5, 5.41) is 10.0. The van der Waals surface area contributed by atoms with Gasteiger partial charge in [0.15, 0.2) is 11.5 Å². The molecule has 0 spiro atoms. The minimum absolute atomic E-state index is 0.0140. The number of piperazine rings is 1. The fourth-order valence-corrected chi connectivity index (χ4v) is 3.31. The van der Waals surface area contributed by atoms with Crippen LogP contribution in [0, 0.1) is 0 Å². The Balaban J connectivity index is 1.67. The Morgan fingerprint density at radius 3 is 2.43 bits per heavy atom. The van der Waals surface area contributed by atoms with Crippen molar-refractivity contribution in [2.24, 2.45) is 0 Å². The zero-order chi connectivity index (χ0) is 19.9. The zero-order valence-corrected chi connectivity index (χ0v) is 16.6. The number of aromatic hydroxyl groups is 1. The molecule has 0 aromatic heterocycles. The number of rotatable bonds is 7. The van der Waals surface area contributed by atoms with E-state index < -0.39 is 0 Å². The van der Waals surface area contributed by atoms with Crippen LogP contribution in [0.25, 0.3) is 0 Å². The topological polar surface area (TPSA) is 62.2 Å². The molecule has 1 N–H and O–H groups in total. The lowest BCUT2D eigenvalue weighted by molar-refractivity contribution is 0.0746. The van der Waals surface area contributed by atoms with E-state index in [0.29, 0.717) is 56.5 Å². The van der Waals surface area contributed by atoms with Crippen LogP contribution in [0.4, 0.5) is 5.69 Å². The third-order valence-electron chi connectivity index (χ3n) is 4.74. The number of nitrogens with zero attached hydrogens (tertiary/aromatic N) is 2. The highest BCUT2D eigenvalue weighted by atomic mass is 16.5. The van der Waals surface area contributed by atoms with Gasteiger partial charge in [-0.1, -0.05) is 19.1 Å². The van der Waals surface area contributed by atoms with Crippen molar-refractivity contribution in [3.05, 3.63) is 48.0 Å². The Kier molecular flexibility index (Phi) is 6.63. The lowest BCUT2D eigenvalue weighted by atomic mass is 10.1. The van der Waals surface area contributed by atoms with Gasteiger partial charge in [0.1, 0.15) is 5.75 Å². The van der Waals surface area contributed by atoms with Crippen LogP contribution in [0.15, 0.2) is 42.5 Å². The second kappa shape index (κ2) is 9.35. The van der Waals surface area contributed by atoms with Crippen molar-refractivity contribution in [1.29, 1.82) is 0 Å². The van der Waals surface area contributed by atoms with Crippen LogP contribution in [0.1, 0.15) is 30.6 Å². The lowest BCUT2D eigenvalue weighted by Crippen LogP contribution is -2.48. The summed E-state index contributed by atoms with van der Waals surface area (Å²) in [5.41, 5.74) is 1.41. The molecule has 6 heteroatoms. The average Bonchev–Trinajstić information content (AvgIpc) is 2.73. The Bertz CT molecular complexity index is 801. The van der Waals surface area contributed by atoms with Crippen LogP contribution in [-0.4, -0.2) is 55.3 Å². The molecule has 28 heavy (non-hydrogen) atoms. The van der Waals surface area contributed by atoms with Crippen molar-refractivity contribution < 1.29 is 19.4 Å². The maximum absolute atomic E-state index is 13.0. The number of para-hydroxylation sites is 2. The van der Waals surface area contributed by atoms with E-state index in [9.17, 15) is 9.90 Å². The van der Waals surface area contributed by atoms with Crippen molar-refractivity contribution >= 4 is 11.6 Å². The number of phenolic OH excluding ortho intramolecular Hbond substituents is 1. The molecule has 0 unspecified atom stereocenters. The number of ether oxygens (including phenoxy) is 2. The van der Waals surface area contributed by atoms with Gasteiger partial charge in [-0.15, -0.1) is 0 Å². The van der Waals surface area contributed by atoms with Crippen LogP contribution in [0.2, 0.25) is 0 Å². The highest BCUT2D eigenvalue weighted by molar-refractivity contribution is 5.95. The molecule has 0 radical (unpaired) electrons. The third kappa shape index (κ3) is 4.50. The van der Waals surface area contributed by atoms with E-state index >= 15 is 0 Å². The van der Waals surface area contributed by atoms with Crippen molar-refractivity contribution in [2.75, 3.05) is 44.3 Å². The first kappa shape index (κ1) is 19.9. The Labute approximate surface area is 166 Å². The fourth-order valence-electron chi connectivity index (χ4n) is 3.31. The molecule has 1 fully saturated rings. The van der Waals surface area contributed by atoms with Gasteiger partial charge in [-0.25, -0.2) is 0 Å². The predicted molar refractivity (Wildman–Crippen MR) is 110 cm³/mol. The number of carbonyl (C=O) groups excluding carboxylic acids is 1. The van der Waals surface area contributed by atoms with Gasteiger partial charge in [-0.2, -0.15) is 0 Å². The van der Waals surface area contributed by atoms with E-state index in [-0.39, 0.29) is 11.7 Å². The maximum Gasteiger partial charge on any atom is 0.254 e. The summed E-state index contributed by atoms with van der Waals surface area (Å²) in [7, 11) is 0. The SMILES string of the molecule is CCCOc1ccc(C(=O)N2CCN(c3ccccc3O)CC2)cc1OCC. The summed E-state index contributed by atoms with van der Waals surface area (Å²) in [6, 6.07) is 12.7. The highest BCUT2D eigenvalue weighted by Gasteiger charge is 2.24. The molecule has 1 aliphatic heterocycles. The van der Waals surface area contributed by atoms with Gasteiger partial charge in [0, 0.05) is 31.7 Å². The molecule has 0 atom stereocenters. The van der Waals surface area contributed by atoms with Gasteiger partial charge in [-0.3, -0.25) is 4.79 Å². The number of anilines is 1. The summed E-state index contributed by atoms with van der Waals surface area (Å²) < 4.78 is 11.4. The van der Waals surface area contributed by atoms with Crippen molar-refractivity contribution in [3.63, 3.8) is 0 Å². The molecule has 150 valence electrons. The van der Waals surface area contributed by atoms with E-state index in [4.69, 9.17) is 9.47 Å². The Morgan fingerprint density at radius 2 is 1.75 bits per heavy atom. The number of amides is 1. The largest absolute Gasteiger partial charge is 0.506 e. The van der Waals surface area contributed by atoms with Crippen LogP contribution in [-0.2, 0) is 0 Å². The second-order valence-corrected chi connectivity index (χ2v) is 6.71. The highest BCUT2D eigenvalue weighted by Crippen LogP contribution is 2.30. The molecule has 6 nitrogen and oxygen atoms in total. The summed E-state index contributed by atoms with van der Waals surface area (Å²) in [4.78, 5) is 16.9. The van der Waals surface area contributed by atoms with E-state index in [1.807, 2.05) is 43.0 Å². The minimum atomic E-state index is -0.0140. The van der Waals surface area contributed by atoms with Crippen LogP contribution in [0.3, 0.4) is 0 Å². The van der Waals surface area contributed by atoms with E-state index in [2.05, 4.69) is 4.90 Å². The fraction of sp³-hybridized carbons (Fsp3) is 0.409. The molecule has 3 rings (SSSR count). The normalized spacial score (nSPS) is 14.1. The molecule has 0 bridgehead atoms. The molecule has 0 aliphatic carbocycles. The van der Waals surface area contributed by atoms with Crippen LogP contribution < -0.4 is 14.4 Å². The van der Waals surface area contributed by atoms with Gasteiger partial charge in [0.05, 0.1) is 18.9 Å². The Hall–Kier alpha value is -2.89. The van der Waals surface area contributed by atoms with E-state index in [0.717, 1.165) is 12.1 Å². The monoisotopic (exact) mass is 384 g/mol. The molecule has 2 aromatic carbocycles. The molecule has 1 saturated heterocycles. The van der Waals surface area contributed by atoms with Crippen molar-refractivity contribution in [1.82, 2.24) is 4.90 Å². The van der Waals surface area contributed by atoms with E-state index in [1.165, 1.54) is 0 Å². The molecule has 1 amide bonds. The van der Waals surface area contributed by atoms with Gasteiger partial charge in [-0.05, 0) is 43.7 Å². The van der Waals surface area contributed by atoms with Crippen molar-refractivity contribution in [3.8, 4) is 17.2 Å². The van der Waals surface area contributed by atoms with Gasteiger partial charge in [0.25, 0.3) is 5.91 Å². The zero-order valence-electron chi connectivity index (χ0n) is 16.6. The summed E-state index contributed by atoms with van der Waals surface area (Å²) in [6.07, 6.45) is 0.910. The van der Waals surface area contributed by atoms with Gasteiger partial charge >= 0.3 is 0 Å². The first-order valence-corrected chi connectivity index (χ1v) is 9.86. The quantitative estimate of drug-likeness (QED) is 0.791. The number of benzene rings is 2. The Morgan fingerprint density at radius 1 is 1.00 bits per heavy atom. The summed E-state index contributed by atoms with van der Waals surface area (Å²) in [6.45, 7) is 7.65. The number of hydrogen-bond acceptors (Lipinski definition) is 5. The van der Waals surface area contributed by atoms with Crippen LogP contribution in [0.5, 0.6) is 17.2 Å². The first-order chi connectivity index (χ1) is 13.6. The average molecular weight is 384 g/mol. The number of hydrogen-bond donors (Lipinski definition) is 1. The molecule has 2 aromatic rings. The molecule has 1 heterocycles. The summed E-state index contributed by atoms with van der Waals surface area (Å²) >= 11 is 0. The smallest absolute Gasteiger partial charge is 0.254 e. The molecule has 1 aliphatic rings. The first-order valence-electron chi connectivity index (χ1n) is 9.86. The third-order valence-corrected chi connectivity index (χ3v) is 4.74. The van der Waals surface area contributed by atoms with Crippen molar-refractivity contribution in [2.45, 2.75) is 20.3 Å². The predicted octanol–water partition coefficient (Wildman–Crippen LogP) is 3.54. The van der Waals surface area contributed by atoms with Gasteiger partial charge in [0.2, 0.25) is 0 Å². The van der Waals surface area contributed by atoms with Gasteiger partial charge < -0.3 is 24.4 Å². The number of phenols is 1. The second-order valence-electron chi connectivity index (χ2n) is 6.71. The van der Waals surface area contributed by atoms with E-state index in [1.54, 1.807) is 18.2 Å².